The first-order chi connectivity index (χ1) is 7.36. The van der Waals surface area contributed by atoms with E-state index in [1.807, 2.05) is 0 Å². The minimum Gasteiger partial charge on any atom is -0.381 e. The molecule has 4 heteroatoms. The van der Waals surface area contributed by atoms with Gasteiger partial charge in [-0.15, -0.1) is 0 Å². The molecule has 0 aromatic rings. The summed E-state index contributed by atoms with van der Waals surface area (Å²) in [6.07, 6.45) is 1.26. The van der Waals surface area contributed by atoms with Gasteiger partial charge in [0.2, 0.25) is 0 Å². The van der Waals surface area contributed by atoms with Crippen LogP contribution >= 0.6 is 23.5 Å². The summed E-state index contributed by atoms with van der Waals surface area (Å²) in [5.74, 6) is 6.09. The number of hydrogen-bond donors (Lipinski definition) is 0. The smallest absolute Gasteiger partial charge is 0.0507 e. The molecule has 2 heterocycles. The molecule has 2 saturated heterocycles. The quantitative estimate of drug-likeness (QED) is 0.753. The van der Waals surface area contributed by atoms with Crippen molar-refractivity contribution in [1.29, 1.82) is 0 Å². The Bertz CT molecular complexity index is 177. The van der Waals surface area contributed by atoms with E-state index in [1.54, 1.807) is 0 Å². The SMILES string of the molecule is CN(CC1CCOC1)C1CSCCSC1. The van der Waals surface area contributed by atoms with Crippen molar-refractivity contribution in [3.8, 4) is 0 Å². The van der Waals surface area contributed by atoms with E-state index in [4.69, 9.17) is 4.74 Å². The van der Waals surface area contributed by atoms with Crippen molar-refractivity contribution >= 4 is 23.5 Å². The highest BCUT2D eigenvalue weighted by Gasteiger charge is 2.22. The molecule has 1 atom stereocenters. The Labute approximate surface area is 101 Å². The third-order valence-electron chi connectivity index (χ3n) is 3.19. The molecule has 0 aromatic carbocycles. The highest BCUT2D eigenvalue weighted by atomic mass is 32.2. The van der Waals surface area contributed by atoms with Crippen LogP contribution in [0, 0.1) is 5.92 Å². The van der Waals surface area contributed by atoms with E-state index in [0.717, 1.165) is 25.2 Å². The van der Waals surface area contributed by atoms with Gasteiger partial charge in [-0.3, -0.25) is 0 Å². The molecule has 88 valence electrons. The molecule has 0 bridgehead atoms. The summed E-state index contributed by atoms with van der Waals surface area (Å²) < 4.78 is 5.43. The summed E-state index contributed by atoms with van der Waals surface area (Å²) in [6.45, 7) is 3.19. The number of ether oxygens (including phenoxy) is 1. The molecule has 0 aliphatic carbocycles. The highest BCUT2D eigenvalue weighted by molar-refractivity contribution is 8.03. The van der Waals surface area contributed by atoms with Crippen molar-refractivity contribution in [2.24, 2.45) is 5.92 Å². The van der Waals surface area contributed by atoms with E-state index in [0.29, 0.717) is 0 Å². The third-order valence-corrected chi connectivity index (χ3v) is 5.67. The van der Waals surface area contributed by atoms with Crippen molar-refractivity contribution in [2.45, 2.75) is 12.5 Å². The monoisotopic (exact) mass is 247 g/mol. The lowest BCUT2D eigenvalue weighted by Crippen LogP contribution is -2.38. The fraction of sp³-hybridized carbons (Fsp3) is 1.00. The van der Waals surface area contributed by atoms with Crippen LogP contribution in [0.25, 0.3) is 0 Å². The average Bonchev–Trinajstić information content (AvgIpc) is 2.58. The van der Waals surface area contributed by atoms with Crippen LogP contribution in [0.1, 0.15) is 6.42 Å². The second-order valence-corrected chi connectivity index (χ2v) is 6.77. The fourth-order valence-corrected chi connectivity index (χ4v) is 4.86. The maximum atomic E-state index is 5.43. The number of thioether (sulfide) groups is 2. The van der Waals surface area contributed by atoms with Crippen molar-refractivity contribution in [3.63, 3.8) is 0 Å². The van der Waals surface area contributed by atoms with E-state index in [2.05, 4.69) is 35.5 Å². The summed E-state index contributed by atoms with van der Waals surface area (Å²) in [4.78, 5) is 2.56. The van der Waals surface area contributed by atoms with Crippen molar-refractivity contribution in [1.82, 2.24) is 4.90 Å². The molecule has 0 saturated carbocycles. The second kappa shape index (κ2) is 6.38. The lowest BCUT2D eigenvalue weighted by molar-refractivity contribution is 0.168. The maximum absolute atomic E-state index is 5.43. The number of hydrogen-bond acceptors (Lipinski definition) is 4. The van der Waals surface area contributed by atoms with Crippen LogP contribution in [-0.4, -0.2) is 60.8 Å². The average molecular weight is 247 g/mol. The van der Waals surface area contributed by atoms with Crippen molar-refractivity contribution < 1.29 is 4.74 Å². The van der Waals surface area contributed by atoms with Gasteiger partial charge in [-0.1, -0.05) is 0 Å². The van der Waals surface area contributed by atoms with E-state index in [1.165, 1.54) is 36.0 Å². The Balaban J connectivity index is 1.74. The van der Waals surface area contributed by atoms with Crippen molar-refractivity contribution in [2.75, 3.05) is 49.8 Å². The van der Waals surface area contributed by atoms with Crippen LogP contribution in [0.4, 0.5) is 0 Å². The van der Waals surface area contributed by atoms with Crippen molar-refractivity contribution in [3.05, 3.63) is 0 Å². The Kier molecular flexibility index (Phi) is 5.14. The summed E-state index contributed by atoms with van der Waals surface area (Å²) in [6, 6.07) is 0.781. The Morgan fingerprint density at radius 2 is 2.00 bits per heavy atom. The Morgan fingerprint density at radius 3 is 2.60 bits per heavy atom. The summed E-state index contributed by atoms with van der Waals surface area (Å²) in [5, 5.41) is 0. The molecule has 0 N–H and O–H groups in total. The van der Waals surface area contributed by atoms with Gasteiger partial charge >= 0.3 is 0 Å². The second-order valence-electron chi connectivity index (χ2n) is 4.47. The molecule has 2 rings (SSSR count). The molecule has 0 aromatic heterocycles. The Morgan fingerprint density at radius 1 is 1.27 bits per heavy atom. The molecule has 0 spiro atoms. The third kappa shape index (κ3) is 3.84. The first-order valence-electron chi connectivity index (χ1n) is 5.79. The molecule has 0 amide bonds. The largest absolute Gasteiger partial charge is 0.381 e. The Hall–Kier alpha value is 0.620. The van der Waals surface area contributed by atoms with Crippen LogP contribution in [0.3, 0.4) is 0 Å². The lowest BCUT2D eigenvalue weighted by atomic mass is 10.1. The van der Waals surface area contributed by atoms with E-state index in [-0.39, 0.29) is 0 Å². The van der Waals surface area contributed by atoms with Gasteiger partial charge in [-0.25, -0.2) is 0 Å². The standard InChI is InChI=1S/C11H21NOS2/c1-12(6-10-2-3-13-7-10)11-8-14-4-5-15-9-11/h10-11H,2-9H2,1H3. The normalized spacial score (nSPS) is 29.6. The van der Waals surface area contributed by atoms with E-state index in [9.17, 15) is 0 Å². The molecule has 1 unspecified atom stereocenters. The summed E-state index contributed by atoms with van der Waals surface area (Å²) >= 11 is 4.23. The van der Waals surface area contributed by atoms with Crippen LogP contribution in [0.15, 0.2) is 0 Å². The molecule has 2 aliphatic rings. The first-order valence-corrected chi connectivity index (χ1v) is 8.10. The lowest BCUT2D eigenvalue weighted by Gasteiger charge is -2.28. The molecule has 2 nitrogen and oxygen atoms in total. The van der Waals surface area contributed by atoms with Crippen LogP contribution in [-0.2, 0) is 4.74 Å². The zero-order valence-electron chi connectivity index (χ0n) is 9.48. The number of rotatable bonds is 3. The molecular formula is C11H21NOS2. The summed E-state index contributed by atoms with van der Waals surface area (Å²) in [5.41, 5.74) is 0. The summed E-state index contributed by atoms with van der Waals surface area (Å²) in [7, 11) is 2.29. The topological polar surface area (TPSA) is 12.5 Å². The van der Waals surface area contributed by atoms with Gasteiger partial charge in [0.25, 0.3) is 0 Å². The molecule has 2 aliphatic heterocycles. The van der Waals surface area contributed by atoms with Crippen LogP contribution in [0.5, 0.6) is 0 Å². The maximum Gasteiger partial charge on any atom is 0.0507 e. The fourth-order valence-electron chi connectivity index (χ4n) is 2.14. The van der Waals surface area contributed by atoms with Gasteiger partial charge in [-0.05, 0) is 19.4 Å². The first kappa shape index (κ1) is 12.1. The molecule has 15 heavy (non-hydrogen) atoms. The molecular weight excluding hydrogens is 226 g/mol. The number of nitrogens with zero attached hydrogens (tertiary/aromatic N) is 1. The van der Waals surface area contributed by atoms with E-state index < -0.39 is 0 Å². The predicted molar refractivity (Wildman–Crippen MR) is 70.0 cm³/mol. The zero-order valence-corrected chi connectivity index (χ0v) is 11.1. The predicted octanol–water partition coefficient (Wildman–Crippen LogP) is 1.80. The van der Waals surface area contributed by atoms with Gasteiger partial charge in [0, 0.05) is 42.2 Å². The minimum atomic E-state index is 0.781. The van der Waals surface area contributed by atoms with Gasteiger partial charge in [0.05, 0.1) is 6.61 Å². The van der Waals surface area contributed by atoms with Crippen LogP contribution < -0.4 is 0 Å². The van der Waals surface area contributed by atoms with Gasteiger partial charge in [0.15, 0.2) is 0 Å². The van der Waals surface area contributed by atoms with Gasteiger partial charge in [0.1, 0.15) is 0 Å². The van der Waals surface area contributed by atoms with Gasteiger partial charge < -0.3 is 9.64 Å². The highest BCUT2D eigenvalue weighted by Crippen LogP contribution is 2.21. The minimum absolute atomic E-state index is 0.781. The van der Waals surface area contributed by atoms with Crippen LogP contribution in [0.2, 0.25) is 0 Å². The van der Waals surface area contributed by atoms with E-state index >= 15 is 0 Å². The van der Waals surface area contributed by atoms with Gasteiger partial charge in [-0.2, -0.15) is 23.5 Å². The zero-order chi connectivity index (χ0) is 10.5. The molecule has 0 radical (unpaired) electrons. The molecule has 2 fully saturated rings.